The highest BCUT2D eigenvalue weighted by atomic mass is 35.5. The van der Waals surface area contributed by atoms with E-state index < -0.39 is 0 Å². The number of halogens is 1. The van der Waals surface area contributed by atoms with Crippen LogP contribution < -0.4 is 16.4 Å². The van der Waals surface area contributed by atoms with E-state index in [9.17, 15) is 4.79 Å². The number of aromatic nitrogens is 2. The summed E-state index contributed by atoms with van der Waals surface area (Å²) < 4.78 is 0. The first-order valence-electron chi connectivity index (χ1n) is 12.9. The van der Waals surface area contributed by atoms with E-state index >= 15 is 0 Å². The smallest absolute Gasteiger partial charge is 0.289 e. The molecule has 2 aliphatic rings. The predicted molar refractivity (Wildman–Crippen MR) is 140 cm³/mol. The maximum atomic E-state index is 13.1. The molecule has 8 heteroatoms. The van der Waals surface area contributed by atoms with Gasteiger partial charge in [-0.15, -0.1) is 0 Å². The van der Waals surface area contributed by atoms with Crippen molar-refractivity contribution in [2.24, 2.45) is 10.7 Å². The van der Waals surface area contributed by atoms with Crippen LogP contribution in [0.25, 0.3) is 10.9 Å². The SMILES string of the molecule is CCCC(N)=N[C@@H]1CCCC[C@@H]1Nc1nc(C(=O)NC2CCCCCC2)nc2ccc(Cl)cc12. The molecule has 1 aromatic carbocycles. The van der Waals surface area contributed by atoms with Crippen molar-refractivity contribution in [2.75, 3.05) is 5.32 Å². The predicted octanol–water partition coefficient (Wildman–Crippen LogP) is 5.62. The summed E-state index contributed by atoms with van der Waals surface area (Å²) >= 11 is 6.31. The van der Waals surface area contributed by atoms with Crippen molar-refractivity contribution in [3.63, 3.8) is 0 Å². The summed E-state index contributed by atoms with van der Waals surface area (Å²) in [5.41, 5.74) is 6.87. The van der Waals surface area contributed by atoms with Crippen molar-refractivity contribution in [3.8, 4) is 0 Å². The molecule has 4 N–H and O–H groups in total. The van der Waals surface area contributed by atoms with Crippen molar-refractivity contribution in [2.45, 2.75) is 102 Å². The van der Waals surface area contributed by atoms with Crippen LogP contribution in [-0.4, -0.2) is 39.8 Å². The summed E-state index contributed by atoms with van der Waals surface area (Å²) in [6.45, 7) is 2.11. The molecule has 7 nitrogen and oxygen atoms in total. The number of rotatable bonds is 7. The van der Waals surface area contributed by atoms with Crippen LogP contribution in [0.15, 0.2) is 23.2 Å². The first-order chi connectivity index (χ1) is 16.5. The monoisotopic (exact) mass is 484 g/mol. The second-order valence-corrected chi connectivity index (χ2v) is 10.1. The summed E-state index contributed by atoms with van der Waals surface area (Å²) in [5, 5.41) is 8.20. The van der Waals surface area contributed by atoms with E-state index in [0.717, 1.165) is 69.6 Å². The normalized spacial score (nSPS) is 22.4. The number of amides is 1. The Morgan fingerprint density at radius 1 is 1.09 bits per heavy atom. The molecule has 0 radical (unpaired) electrons. The zero-order valence-corrected chi connectivity index (χ0v) is 20.9. The second-order valence-electron chi connectivity index (χ2n) is 9.69. The Labute approximate surface area is 207 Å². The maximum absolute atomic E-state index is 13.1. The minimum atomic E-state index is -0.211. The highest BCUT2D eigenvalue weighted by Gasteiger charge is 2.27. The fourth-order valence-corrected chi connectivity index (χ4v) is 5.30. The van der Waals surface area contributed by atoms with E-state index in [1.54, 1.807) is 6.07 Å². The lowest BCUT2D eigenvalue weighted by Gasteiger charge is -2.30. The number of hydrogen-bond acceptors (Lipinski definition) is 5. The van der Waals surface area contributed by atoms with Crippen molar-refractivity contribution in [1.82, 2.24) is 15.3 Å². The van der Waals surface area contributed by atoms with E-state index in [-0.39, 0.29) is 29.9 Å². The minimum absolute atomic E-state index is 0.0905. The fourth-order valence-electron chi connectivity index (χ4n) is 5.13. The number of benzene rings is 1. The average molecular weight is 485 g/mol. The number of anilines is 1. The lowest BCUT2D eigenvalue weighted by atomic mass is 9.90. The zero-order chi connectivity index (χ0) is 23.9. The van der Waals surface area contributed by atoms with Gasteiger partial charge in [0.25, 0.3) is 5.91 Å². The summed E-state index contributed by atoms with van der Waals surface area (Å²) in [5.74, 6) is 1.33. The Balaban J connectivity index is 1.61. The number of carbonyl (C=O) groups is 1. The minimum Gasteiger partial charge on any atom is -0.387 e. The third kappa shape index (κ3) is 6.38. The number of carbonyl (C=O) groups excluding carboxylic acids is 1. The molecule has 0 unspecified atom stereocenters. The van der Waals surface area contributed by atoms with E-state index in [1.165, 1.54) is 12.8 Å². The molecule has 0 saturated heterocycles. The molecule has 0 aliphatic heterocycles. The van der Waals surface area contributed by atoms with Crippen LogP contribution in [0.3, 0.4) is 0 Å². The molecule has 4 rings (SSSR count). The molecule has 1 heterocycles. The summed E-state index contributed by atoms with van der Waals surface area (Å²) in [6.07, 6.45) is 12.8. The first-order valence-corrected chi connectivity index (χ1v) is 13.3. The van der Waals surface area contributed by atoms with Crippen LogP contribution in [0, 0.1) is 0 Å². The van der Waals surface area contributed by atoms with Crippen LogP contribution in [0.2, 0.25) is 5.02 Å². The highest BCUT2D eigenvalue weighted by Crippen LogP contribution is 2.29. The number of nitrogens with one attached hydrogen (secondary N) is 2. The van der Waals surface area contributed by atoms with E-state index in [2.05, 4.69) is 22.5 Å². The topological polar surface area (TPSA) is 105 Å². The molecule has 2 aromatic rings. The van der Waals surface area contributed by atoms with Gasteiger partial charge in [-0.05, 0) is 50.3 Å². The summed E-state index contributed by atoms with van der Waals surface area (Å²) in [4.78, 5) is 27.2. The van der Waals surface area contributed by atoms with Gasteiger partial charge in [0.15, 0.2) is 0 Å². The lowest BCUT2D eigenvalue weighted by molar-refractivity contribution is 0.0923. The van der Waals surface area contributed by atoms with Gasteiger partial charge in [0.1, 0.15) is 5.82 Å². The molecule has 2 aliphatic carbocycles. The Bertz CT molecular complexity index is 1020. The maximum Gasteiger partial charge on any atom is 0.289 e. The molecular formula is C26H37ClN6O. The lowest BCUT2D eigenvalue weighted by Crippen LogP contribution is -2.38. The Morgan fingerprint density at radius 2 is 1.82 bits per heavy atom. The number of hydrogen-bond donors (Lipinski definition) is 3. The second kappa shape index (κ2) is 11.8. The fraction of sp³-hybridized carbons (Fsp3) is 0.615. The van der Waals surface area contributed by atoms with Crippen molar-refractivity contribution in [1.29, 1.82) is 0 Å². The Kier molecular flexibility index (Phi) is 8.59. The quantitative estimate of drug-likeness (QED) is 0.269. The van der Waals surface area contributed by atoms with Gasteiger partial charge in [-0.2, -0.15) is 0 Å². The number of nitrogens with two attached hydrogens (primary N) is 1. The highest BCUT2D eigenvalue weighted by molar-refractivity contribution is 6.31. The molecule has 184 valence electrons. The van der Waals surface area contributed by atoms with Gasteiger partial charge < -0.3 is 16.4 Å². The Morgan fingerprint density at radius 3 is 2.59 bits per heavy atom. The van der Waals surface area contributed by atoms with Crippen molar-refractivity contribution >= 4 is 40.1 Å². The molecule has 2 fully saturated rings. The van der Waals surface area contributed by atoms with E-state index in [1.807, 2.05) is 12.1 Å². The molecule has 1 amide bonds. The van der Waals surface area contributed by atoms with Crippen molar-refractivity contribution in [3.05, 3.63) is 29.0 Å². The van der Waals surface area contributed by atoms with Gasteiger partial charge >= 0.3 is 0 Å². The van der Waals surface area contributed by atoms with Crippen LogP contribution in [0.5, 0.6) is 0 Å². The standard InChI is InChI=1S/C26H37ClN6O/c1-2-9-23(28)30-21-12-7-8-13-22(21)32-24-19-16-17(27)14-15-20(19)31-25(33-24)26(34)29-18-10-5-3-4-6-11-18/h14-16,18,21-22H,2-13H2,1H3,(H2,28,30)(H,29,34)(H,31,32,33)/t21-,22+/m1/s1. The van der Waals surface area contributed by atoms with Crippen LogP contribution in [0.4, 0.5) is 5.82 Å². The van der Waals surface area contributed by atoms with E-state index in [4.69, 9.17) is 27.3 Å². The molecule has 2 saturated carbocycles. The third-order valence-electron chi connectivity index (χ3n) is 6.94. The first kappa shape index (κ1) is 24.7. The van der Waals surface area contributed by atoms with Crippen LogP contribution in [0.1, 0.15) is 94.6 Å². The molecule has 0 bridgehead atoms. The van der Waals surface area contributed by atoms with Gasteiger partial charge in [-0.1, -0.05) is 57.0 Å². The van der Waals surface area contributed by atoms with Gasteiger partial charge in [-0.25, -0.2) is 9.97 Å². The number of amidine groups is 1. The van der Waals surface area contributed by atoms with Gasteiger partial charge in [0.2, 0.25) is 5.82 Å². The molecule has 34 heavy (non-hydrogen) atoms. The van der Waals surface area contributed by atoms with Crippen molar-refractivity contribution < 1.29 is 4.79 Å². The average Bonchev–Trinajstić information content (AvgIpc) is 3.09. The molecule has 0 spiro atoms. The van der Waals surface area contributed by atoms with Crippen LogP contribution in [-0.2, 0) is 0 Å². The number of aliphatic imine (C=N–C) groups is 1. The molecule has 1 aromatic heterocycles. The Hall–Kier alpha value is -2.41. The van der Waals surface area contributed by atoms with E-state index in [0.29, 0.717) is 22.2 Å². The van der Waals surface area contributed by atoms with Gasteiger partial charge in [-0.3, -0.25) is 9.79 Å². The summed E-state index contributed by atoms with van der Waals surface area (Å²) in [6, 6.07) is 5.88. The molecular weight excluding hydrogens is 448 g/mol. The summed E-state index contributed by atoms with van der Waals surface area (Å²) in [7, 11) is 0. The van der Waals surface area contributed by atoms with Crippen LogP contribution >= 0.6 is 11.6 Å². The number of nitrogens with zero attached hydrogens (tertiary/aromatic N) is 3. The van der Waals surface area contributed by atoms with Gasteiger partial charge in [0.05, 0.1) is 17.4 Å². The van der Waals surface area contributed by atoms with Gasteiger partial charge in [0, 0.05) is 28.9 Å². The zero-order valence-electron chi connectivity index (χ0n) is 20.2. The molecule has 2 atom stereocenters. The third-order valence-corrected chi connectivity index (χ3v) is 7.18. The number of fused-ring (bicyclic) bond motifs is 1. The largest absolute Gasteiger partial charge is 0.387 e.